The molecule has 0 amide bonds. The predicted octanol–water partition coefficient (Wildman–Crippen LogP) is 0.540. The molecule has 1 heterocycles. The van der Waals surface area contributed by atoms with Gasteiger partial charge in [-0.05, 0) is 20.5 Å². The topological polar surface area (TPSA) is 70.3 Å². The minimum Gasteiger partial charge on any atom is -0.354 e. The number of rotatable bonds is 7. The van der Waals surface area contributed by atoms with Crippen molar-refractivity contribution in [2.45, 2.75) is 13.3 Å². The van der Waals surface area contributed by atoms with Gasteiger partial charge in [-0.25, -0.2) is 10.8 Å². The first-order valence-corrected chi connectivity index (χ1v) is 5.85. The molecule has 0 saturated carbocycles. The van der Waals surface area contributed by atoms with E-state index in [0.29, 0.717) is 5.82 Å². The second kappa shape index (κ2) is 7.03. The highest BCUT2D eigenvalue weighted by Gasteiger charge is 2.08. The number of likely N-dealkylation sites (N-methyl/N-ethyl adjacent to an activating group) is 1. The average Bonchev–Trinajstić information content (AvgIpc) is 2.34. The number of anilines is 2. The summed E-state index contributed by atoms with van der Waals surface area (Å²) in [6.07, 6.45) is 4.46. The molecule has 0 spiro atoms. The zero-order valence-corrected chi connectivity index (χ0v) is 10.8. The summed E-state index contributed by atoms with van der Waals surface area (Å²) < 4.78 is 0. The van der Waals surface area contributed by atoms with E-state index in [4.69, 9.17) is 5.84 Å². The average molecular weight is 238 g/mol. The molecule has 96 valence electrons. The molecule has 0 aromatic carbocycles. The first kappa shape index (κ1) is 13.7. The Labute approximate surface area is 103 Å². The van der Waals surface area contributed by atoms with Gasteiger partial charge in [0.1, 0.15) is 5.82 Å². The first-order valence-electron chi connectivity index (χ1n) is 5.85. The van der Waals surface area contributed by atoms with Gasteiger partial charge in [0.25, 0.3) is 0 Å². The summed E-state index contributed by atoms with van der Waals surface area (Å²) >= 11 is 0. The molecule has 17 heavy (non-hydrogen) atoms. The van der Waals surface area contributed by atoms with E-state index in [-0.39, 0.29) is 0 Å². The van der Waals surface area contributed by atoms with Gasteiger partial charge in [0, 0.05) is 19.6 Å². The molecule has 3 N–H and O–H groups in total. The lowest BCUT2D eigenvalue weighted by Gasteiger charge is -2.24. The SMILES string of the molecule is CCCN(CCN(C)C)c1cncc(NN)n1. The lowest BCUT2D eigenvalue weighted by molar-refractivity contribution is 0.412. The summed E-state index contributed by atoms with van der Waals surface area (Å²) in [6, 6.07) is 0. The molecular formula is C11H22N6. The second-order valence-corrected chi connectivity index (χ2v) is 4.20. The molecule has 0 aliphatic carbocycles. The molecule has 0 aliphatic heterocycles. The quantitative estimate of drug-likeness (QED) is 0.534. The molecule has 0 fully saturated rings. The van der Waals surface area contributed by atoms with Gasteiger partial charge in [0.05, 0.1) is 12.4 Å². The van der Waals surface area contributed by atoms with Crippen LogP contribution in [0, 0.1) is 0 Å². The molecular weight excluding hydrogens is 216 g/mol. The Kier molecular flexibility index (Phi) is 5.65. The van der Waals surface area contributed by atoms with E-state index in [1.165, 1.54) is 0 Å². The van der Waals surface area contributed by atoms with Crippen LogP contribution in [-0.2, 0) is 0 Å². The standard InChI is InChI=1S/C11H22N6/c1-4-5-17(7-6-16(2)3)11-9-13-8-10(14-11)15-12/h8-9H,4-7,12H2,1-3H3,(H,14,15). The van der Waals surface area contributed by atoms with Crippen LogP contribution >= 0.6 is 0 Å². The fourth-order valence-electron chi connectivity index (χ4n) is 1.51. The van der Waals surface area contributed by atoms with Crippen molar-refractivity contribution < 1.29 is 0 Å². The third-order valence-electron chi connectivity index (χ3n) is 2.40. The number of hydrogen-bond donors (Lipinski definition) is 2. The van der Waals surface area contributed by atoms with Crippen molar-refractivity contribution in [1.82, 2.24) is 14.9 Å². The summed E-state index contributed by atoms with van der Waals surface area (Å²) in [5.74, 6) is 6.79. The maximum absolute atomic E-state index is 5.34. The van der Waals surface area contributed by atoms with Crippen molar-refractivity contribution >= 4 is 11.6 Å². The highest BCUT2D eigenvalue weighted by molar-refractivity contribution is 5.43. The molecule has 1 aromatic rings. The summed E-state index contributed by atoms with van der Waals surface area (Å²) in [6.45, 7) is 5.04. The van der Waals surface area contributed by atoms with Gasteiger partial charge in [-0.15, -0.1) is 0 Å². The van der Waals surface area contributed by atoms with Crippen LogP contribution in [0.15, 0.2) is 12.4 Å². The Bertz CT molecular complexity index is 327. The number of nitrogens with two attached hydrogens (primary N) is 1. The largest absolute Gasteiger partial charge is 0.354 e. The first-order chi connectivity index (χ1) is 8.17. The lowest BCUT2D eigenvalue weighted by atomic mass is 10.4. The Morgan fingerprint density at radius 1 is 1.24 bits per heavy atom. The number of nitrogen functional groups attached to an aromatic ring is 1. The Balaban J connectivity index is 2.73. The van der Waals surface area contributed by atoms with E-state index in [0.717, 1.165) is 31.9 Å². The molecule has 0 atom stereocenters. The van der Waals surface area contributed by atoms with Crippen molar-refractivity contribution in [1.29, 1.82) is 0 Å². The predicted molar refractivity (Wildman–Crippen MR) is 70.9 cm³/mol. The minimum atomic E-state index is 0.591. The number of nitrogens with one attached hydrogen (secondary N) is 1. The monoisotopic (exact) mass is 238 g/mol. The van der Waals surface area contributed by atoms with Crippen LogP contribution in [0.4, 0.5) is 11.6 Å². The maximum atomic E-state index is 5.34. The van der Waals surface area contributed by atoms with Crippen LogP contribution in [0.2, 0.25) is 0 Å². The van der Waals surface area contributed by atoms with Crippen molar-refractivity contribution in [3.63, 3.8) is 0 Å². The number of hydrazine groups is 1. The Morgan fingerprint density at radius 2 is 2.00 bits per heavy atom. The summed E-state index contributed by atoms with van der Waals surface area (Å²) in [7, 11) is 4.13. The highest BCUT2D eigenvalue weighted by atomic mass is 15.3. The Hall–Kier alpha value is -1.40. The van der Waals surface area contributed by atoms with Gasteiger partial charge < -0.3 is 15.2 Å². The van der Waals surface area contributed by atoms with E-state index in [1.54, 1.807) is 12.4 Å². The van der Waals surface area contributed by atoms with Crippen LogP contribution in [0.3, 0.4) is 0 Å². The third kappa shape index (κ3) is 4.54. The van der Waals surface area contributed by atoms with Gasteiger partial charge in [-0.3, -0.25) is 4.98 Å². The van der Waals surface area contributed by atoms with Gasteiger partial charge in [0.2, 0.25) is 0 Å². The van der Waals surface area contributed by atoms with Crippen molar-refractivity contribution in [3.05, 3.63) is 12.4 Å². The molecule has 0 unspecified atom stereocenters. The van der Waals surface area contributed by atoms with Gasteiger partial charge in [0.15, 0.2) is 5.82 Å². The van der Waals surface area contributed by atoms with Crippen molar-refractivity contribution in [2.24, 2.45) is 5.84 Å². The van der Waals surface area contributed by atoms with Crippen LogP contribution in [0.25, 0.3) is 0 Å². The van der Waals surface area contributed by atoms with E-state index in [2.05, 4.69) is 46.2 Å². The zero-order valence-electron chi connectivity index (χ0n) is 10.8. The summed E-state index contributed by atoms with van der Waals surface area (Å²) in [5, 5.41) is 0. The van der Waals surface area contributed by atoms with Crippen LogP contribution in [0.1, 0.15) is 13.3 Å². The van der Waals surface area contributed by atoms with Crippen molar-refractivity contribution in [3.8, 4) is 0 Å². The maximum Gasteiger partial charge on any atom is 0.160 e. The lowest BCUT2D eigenvalue weighted by Crippen LogP contribution is -2.33. The number of aromatic nitrogens is 2. The molecule has 6 heteroatoms. The van der Waals surface area contributed by atoms with Crippen LogP contribution < -0.4 is 16.2 Å². The van der Waals surface area contributed by atoms with Crippen molar-refractivity contribution in [2.75, 3.05) is 44.1 Å². The summed E-state index contributed by atoms with van der Waals surface area (Å²) in [4.78, 5) is 12.9. The van der Waals surface area contributed by atoms with Gasteiger partial charge >= 0.3 is 0 Å². The molecule has 0 saturated heterocycles. The molecule has 0 aliphatic rings. The van der Waals surface area contributed by atoms with Crippen LogP contribution in [0.5, 0.6) is 0 Å². The molecule has 1 rings (SSSR count). The van der Waals surface area contributed by atoms with E-state index in [1.807, 2.05) is 0 Å². The highest BCUT2D eigenvalue weighted by Crippen LogP contribution is 2.12. The molecule has 0 radical (unpaired) electrons. The van der Waals surface area contributed by atoms with Gasteiger partial charge in [-0.2, -0.15) is 0 Å². The zero-order chi connectivity index (χ0) is 12.7. The normalized spacial score (nSPS) is 10.6. The smallest absolute Gasteiger partial charge is 0.160 e. The fourth-order valence-corrected chi connectivity index (χ4v) is 1.51. The molecule has 6 nitrogen and oxygen atoms in total. The third-order valence-corrected chi connectivity index (χ3v) is 2.40. The fraction of sp³-hybridized carbons (Fsp3) is 0.636. The summed E-state index contributed by atoms with van der Waals surface area (Å²) in [5.41, 5.74) is 2.52. The van der Waals surface area contributed by atoms with Crippen LogP contribution in [-0.4, -0.2) is 48.6 Å². The number of hydrogen-bond acceptors (Lipinski definition) is 6. The second-order valence-electron chi connectivity index (χ2n) is 4.20. The van der Waals surface area contributed by atoms with E-state index >= 15 is 0 Å². The van der Waals surface area contributed by atoms with Gasteiger partial charge in [-0.1, -0.05) is 6.92 Å². The molecule has 1 aromatic heterocycles. The molecule has 0 bridgehead atoms. The Morgan fingerprint density at radius 3 is 2.59 bits per heavy atom. The van der Waals surface area contributed by atoms with E-state index < -0.39 is 0 Å². The van der Waals surface area contributed by atoms with E-state index in [9.17, 15) is 0 Å². The minimum absolute atomic E-state index is 0.591. The number of nitrogens with zero attached hydrogens (tertiary/aromatic N) is 4.